The summed E-state index contributed by atoms with van der Waals surface area (Å²) >= 11 is 0. The fourth-order valence-electron chi connectivity index (χ4n) is 1.46. The summed E-state index contributed by atoms with van der Waals surface area (Å²) in [7, 11) is 0. The second-order valence-corrected chi connectivity index (χ2v) is 4.59. The number of unbranched alkanes of at least 4 members (excludes halogenated alkanes) is 1. The van der Waals surface area contributed by atoms with Crippen molar-refractivity contribution < 1.29 is 14.3 Å². The Kier molecular flexibility index (Phi) is 6.26. The van der Waals surface area contributed by atoms with E-state index >= 15 is 0 Å². The Hall–Kier alpha value is -1.51. The third-order valence-electron chi connectivity index (χ3n) is 2.66. The SMILES string of the molecule is CCCCOC(=O)COc1ccc(C(C)C)cc1. The van der Waals surface area contributed by atoms with Crippen molar-refractivity contribution in [1.82, 2.24) is 0 Å². The van der Waals surface area contributed by atoms with Gasteiger partial charge in [-0.3, -0.25) is 0 Å². The van der Waals surface area contributed by atoms with E-state index < -0.39 is 0 Å². The van der Waals surface area contributed by atoms with Gasteiger partial charge in [0.25, 0.3) is 0 Å². The molecule has 0 bridgehead atoms. The lowest BCUT2D eigenvalue weighted by molar-refractivity contribution is -0.146. The van der Waals surface area contributed by atoms with Crippen LogP contribution in [0.25, 0.3) is 0 Å². The molecule has 0 aliphatic carbocycles. The number of hydrogen-bond acceptors (Lipinski definition) is 3. The summed E-state index contributed by atoms with van der Waals surface area (Å²) in [6.07, 6.45) is 1.92. The van der Waals surface area contributed by atoms with Crippen LogP contribution in [0.5, 0.6) is 5.75 Å². The monoisotopic (exact) mass is 250 g/mol. The van der Waals surface area contributed by atoms with E-state index in [0.717, 1.165) is 12.8 Å². The molecule has 0 aliphatic heterocycles. The molecule has 18 heavy (non-hydrogen) atoms. The van der Waals surface area contributed by atoms with Crippen molar-refractivity contribution in [3.05, 3.63) is 29.8 Å². The van der Waals surface area contributed by atoms with Crippen molar-refractivity contribution in [3.8, 4) is 5.75 Å². The van der Waals surface area contributed by atoms with E-state index in [0.29, 0.717) is 18.3 Å². The minimum absolute atomic E-state index is 0.0231. The van der Waals surface area contributed by atoms with Crippen LogP contribution in [0.4, 0.5) is 0 Å². The molecule has 100 valence electrons. The van der Waals surface area contributed by atoms with Gasteiger partial charge in [-0.15, -0.1) is 0 Å². The number of esters is 1. The van der Waals surface area contributed by atoms with Crippen molar-refractivity contribution in [3.63, 3.8) is 0 Å². The molecule has 0 heterocycles. The second-order valence-electron chi connectivity index (χ2n) is 4.59. The van der Waals surface area contributed by atoms with Gasteiger partial charge in [0, 0.05) is 0 Å². The minimum Gasteiger partial charge on any atom is -0.482 e. The first kappa shape index (κ1) is 14.6. The number of carbonyl (C=O) groups is 1. The first-order chi connectivity index (χ1) is 8.63. The highest BCUT2D eigenvalue weighted by molar-refractivity contribution is 5.71. The predicted octanol–water partition coefficient (Wildman–Crippen LogP) is 3.53. The first-order valence-electron chi connectivity index (χ1n) is 6.52. The Bertz CT molecular complexity index is 355. The summed E-state index contributed by atoms with van der Waals surface area (Å²) in [6, 6.07) is 7.80. The van der Waals surface area contributed by atoms with E-state index in [1.807, 2.05) is 24.3 Å². The van der Waals surface area contributed by atoms with Crippen molar-refractivity contribution in [2.75, 3.05) is 13.2 Å². The standard InChI is InChI=1S/C15H22O3/c1-4-5-10-17-15(16)11-18-14-8-6-13(7-9-14)12(2)3/h6-9,12H,4-5,10-11H2,1-3H3. The lowest BCUT2D eigenvalue weighted by Gasteiger charge is -2.08. The van der Waals surface area contributed by atoms with Crippen LogP contribution in [0, 0.1) is 0 Å². The molecule has 0 N–H and O–H groups in total. The number of rotatable bonds is 7. The van der Waals surface area contributed by atoms with Gasteiger partial charge in [-0.05, 0) is 30.0 Å². The van der Waals surface area contributed by atoms with Crippen molar-refractivity contribution in [2.24, 2.45) is 0 Å². The van der Waals surface area contributed by atoms with E-state index in [1.54, 1.807) is 0 Å². The normalized spacial score (nSPS) is 10.4. The Morgan fingerprint density at radius 3 is 2.44 bits per heavy atom. The second kappa shape index (κ2) is 7.75. The average Bonchev–Trinajstić information content (AvgIpc) is 2.37. The number of hydrogen-bond donors (Lipinski definition) is 0. The zero-order valence-corrected chi connectivity index (χ0v) is 11.4. The summed E-state index contributed by atoms with van der Waals surface area (Å²) < 4.78 is 10.4. The number of ether oxygens (including phenoxy) is 2. The molecule has 0 aromatic heterocycles. The summed E-state index contributed by atoms with van der Waals surface area (Å²) in [5.74, 6) is 0.890. The van der Waals surface area contributed by atoms with Gasteiger partial charge in [0.2, 0.25) is 0 Å². The van der Waals surface area contributed by atoms with Gasteiger partial charge in [-0.25, -0.2) is 4.79 Å². The largest absolute Gasteiger partial charge is 0.482 e. The molecule has 0 amide bonds. The van der Waals surface area contributed by atoms with Gasteiger partial charge in [0.15, 0.2) is 6.61 Å². The molecule has 3 nitrogen and oxygen atoms in total. The summed E-state index contributed by atoms with van der Waals surface area (Å²) in [6.45, 7) is 6.79. The highest BCUT2D eigenvalue weighted by Gasteiger charge is 2.04. The lowest BCUT2D eigenvalue weighted by Crippen LogP contribution is -2.15. The molecule has 1 aromatic carbocycles. The molecular weight excluding hydrogens is 228 g/mol. The maximum absolute atomic E-state index is 11.3. The topological polar surface area (TPSA) is 35.5 Å². The van der Waals surface area contributed by atoms with Gasteiger partial charge >= 0.3 is 5.97 Å². The first-order valence-corrected chi connectivity index (χ1v) is 6.52. The molecular formula is C15H22O3. The van der Waals surface area contributed by atoms with Crippen LogP contribution >= 0.6 is 0 Å². The molecule has 1 rings (SSSR count). The van der Waals surface area contributed by atoms with Gasteiger partial charge in [0.1, 0.15) is 5.75 Å². The third kappa shape index (κ3) is 5.21. The number of benzene rings is 1. The summed E-state index contributed by atoms with van der Waals surface area (Å²) in [5, 5.41) is 0. The molecule has 0 spiro atoms. The smallest absolute Gasteiger partial charge is 0.344 e. The van der Waals surface area contributed by atoms with Crippen LogP contribution in [-0.4, -0.2) is 19.2 Å². The summed E-state index contributed by atoms with van der Waals surface area (Å²) in [5.41, 5.74) is 1.26. The quantitative estimate of drug-likeness (QED) is 0.548. The van der Waals surface area contributed by atoms with E-state index in [2.05, 4.69) is 20.8 Å². The van der Waals surface area contributed by atoms with Crippen LogP contribution in [-0.2, 0) is 9.53 Å². The average molecular weight is 250 g/mol. The van der Waals surface area contributed by atoms with Crippen molar-refractivity contribution in [2.45, 2.75) is 39.5 Å². The van der Waals surface area contributed by atoms with Crippen molar-refractivity contribution in [1.29, 1.82) is 0 Å². The van der Waals surface area contributed by atoms with Crippen LogP contribution in [0.3, 0.4) is 0 Å². The molecule has 0 aliphatic rings. The van der Waals surface area contributed by atoms with Gasteiger partial charge < -0.3 is 9.47 Å². The van der Waals surface area contributed by atoms with Crippen LogP contribution < -0.4 is 4.74 Å². The summed E-state index contributed by atoms with van der Waals surface area (Å²) in [4.78, 5) is 11.3. The molecule has 3 heteroatoms. The molecule has 0 saturated heterocycles. The minimum atomic E-state index is -0.309. The third-order valence-corrected chi connectivity index (χ3v) is 2.66. The molecule has 0 unspecified atom stereocenters. The highest BCUT2D eigenvalue weighted by Crippen LogP contribution is 2.18. The fourth-order valence-corrected chi connectivity index (χ4v) is 1.46. The molecule has 1 aromatic rings. The van der Waals surface area contributed by atoms with E-state index in [1.165, 1.54) is 5.56 Å². The number of carbonyl (C=O) groups excluding carboxylic acids is 1. The Balaban J connectivity index is 2.32. The molecule has 0 fully saturated rings. The van der Waals surface area contributed by atoms with E-state index in [9.17, 15) is 4.79 Å². The Morgan fingerprint density at radius 2 is 1.89 bits per heavy atom. The highest BCUT2D eigenvalue weighted by atomic mass is 16.6. The Labute approximate surface area is 109 Å². The van der Waals surface area contributed by atoms with E-state index in [4.69, 9.17) is 9.47 Å². The zero-order valence-electron chi connectivity index (χ0n) is 11.4. The predicted molar refractivity (Wildman–Crippen MR) is 71.9 cm³/mol. The lowest BCUT2D eigenvalue weighted by atomic mass is 10.0. The molecule has 0 saturated carbocycles. The van der Waals surface area contributed by atoms with Crippen molar-refractivity contribution >= 4 is 5.97 Å². The van der Waals surface area contributed by atoms with Gasteiger partial charge in [-0.2, -0.15) is 0 Å². The van der Waals surface area contributed by atoms with E-state index in [-0.39, 0.29) is 12.6 Å². The van der Waals surface area contributed by atoms with Gasteiger partial charge in [-0.1, -0.05) is 39.3 Å². The zero-order chi connectivity index (χ0) is 13.4. The van der Waals surface area contributed by atoms with Crippen LogP contribution in [0.15, 0.2) is 24.3 Å². The fraction of sp³-hybridized carbons (Fsp3) is 0.533. The van der Waals surface area contributed by atoms with Gasteiger partial charge in [0.05, 0.1) is 6.61 Å². The molecule has 0 atom stereocenters. The van der Waals surface area contributed by atoms with Crippen LogP contribution in [0.2, 0.25) is 0 Å². The molecule has 0 radical (unpaired) electrons. The maximum Gasteiger partial charge on any atom is 0.344 e. The van der Waals surface area contributed by atoms with Crippen LogP contribution in [0.1, 0.15) is 45.1 Å². The maximum atomic E-state index is 11.3. The Morgan fingerprint density at radius 1 is 1.22 bits per heavy atom.